The predicted molar refractivity (Wildman–Crippen MR) is 50.3 cm³/mol. The van der Waals surface area contributed by atoms with E-state index in [-0.39, 0.29) is 11.9 Å². The van der Waals surface area contributed by atoms with Crippen molar-refractivity contribution in [2.45, 2.75) is 44.9 Å². The molecule has 13 heavy (non-hydrogen) atoms. The Hall–Kier alpha value is -0.530. The number of cyclic esters (lactones) is 1. The highest BCUT2D eigenvalue weighted by Gasteiger charge is 2.32. The van der Waals surface area contributed by atoms with Crippen LogP contribution in [0.2, 0.25) is 0 Å². The Labute approximate surface area is 79.7 Å². The van der Waals surface area contributed by atoms with Crippen LogP contribution in [0.5, 0.6) is 0 Å². The lowest BCUT2D eigenvalue weighted by atomic mass is 9.76. The SMILES string of the molecule is O=C1OCCCC[C@H]2CCCC[C@@H]12. The molecule has 2 rings (SSSR count). The quantitative estimate of drug-likeness (QED) is 0.538. The second-order valence-corrected chi connectivity index (χ2v) is 4.31. The average molecular weight is 182 g/mol. The van der Waals surface area contributed by atoms with E-state index in [0.29, 0.717) is 12.5 Å². The Kier molecular flexibility index (Phi) is 2.87. The van der Waals surface area contributed by atoms with Crippen LogP contribution in [0.1, 0.15) is 44.9 Å². The molecule has 2 atom stereocenters. The third-order valence-electron chi connectivity index (χ3n) is 3.43. The standard InChI is InChI=1S/C11H18O2/c12-11-10-7-2-1-5-9(10)6-3-4-8-13-11/h9-10H,1-8H2/t9-,10-/m1/s1. The molecule has 0 N–H and O–H groups in total. The molecule has 0 amide bonds. The highest BCUT2D eigenvalue weighted by molar-refractivity contribution is 5.73. The summed E-state index contributed by atoms with van der Waals surface area (Å²) in [6.45, 7) is 0.655. The Morgan fingerprint density at radius 2 is 1.69 bits per heavy atom. The lowest BCUT2D eigenvalue weighted by Gasteiger charge is -2.31. The molecule has 1 aliphatic heterocycles. The van der Waals surface area contributed by atoms with Crippen LogP contribution < -0.4 is 0 Å². The minimum absolute atomic E-state index is 0.0874. The lowest BCUT2D eigenvalue weighted by Crippen LogP contribution is -2.30. The fourth-order valence-electron chi connectivity index (χ4n) is 2.65. The van der Waals surface area contributed by atoms with E-state index in [2.05, 4.69) is 0 Å². The Bertz CT molecular complexity index is 189. The van der Waals surface area contributed by atoms with Gasteiger partial charge in [-0.1, -0.05) is 12.8 Å². The largest absolute Gasteiger partial charge is 0.465 e. The second kappa shape index (κ2) is 4.12. The topological polar surface area (TPSA) is 26.3 Å². The highest BCUT2D eigenvalue weighted by Crippen LogP contribution is 2.35. The summed E-state index contributed by atoms with van der Waals surface area (Å²) in [5, 5.41) is 0. The third kappa shape index (κ3) is 2.04. The Balaban J connectivity index is 2.02. The van der Waals surface area contributed by atoms with Gasteiger partial charge in [-0.25, -0.2) is 0 Å². The molecule has 1 aliphatic carbocycles. The predicted octanol–water partition coefficient (Wildman–Crippen LogP) is 2.52. The summed E-state index contributed by atoms with van der Waals surface area (Å²) in [4.78, 5) is 11.6. The molecule has 0 aromatic heterocycles. The first kappa shape index (κ1) is 9.04. The van der Waals surface area contributed by atoms with Gasteiger partial charge in [-0.2, -0.15) is 0 Å². The molecule has 1 saturated heterocycles. The van der Waals surface area contributed by atoms with Crippen LogP contribution >= 0.6 is 0 Å². The smallest absolute Gasteiger partial charge is 0.309 e. The van der Waals surface area contributed by atoms with Crippen molar-refractivity contribution in [2.75, 3.05) is 6.61 Å². The molecule has 0 spiro atoms. The van der Waals surface area contributed by atoms with Gasteiger partial charge in [-0.05, 0) is 38.0 Å². The molecule has 1 heterocycles. The van der Waals surface area contributed by atoms with Crippen molar-refractivity contribution in [3.05, 3.63) is 0 Å². The molecule has 0 unspecified atom stereocenters. The summed E-state index contributed by atoms with van der Waals surface area (Å²) in [5.41, 5.74) is 0. The number of esters is 1. The zero-order valence-corrected chi connectivity index (χ0v) is 8.13. The number of carbonyl (C=O) groups is 1. The van der Waals surface area contributed by atoms with E-state index in [1.165, 1.54) is 32.1 Å². The van der Waals surface area contributed by atoms with Crippen LogP contribution in [-0.4, -0.2) is 12.6 Å². The maximum absolute atomic E-state index is 11.6. The van der Waals surface area contributed by atoms with Crippen molar-refractivity contribution < 1.29 is 9.53 Å². The number of hydrogen-bond donors (Lipinski definition) is 0. The number of hydrogen-bond acceptors (Lipinski definition) is 2. The first-order chi connectivity index (χ1) is 6.38. The molecule has 0 aromatic carbocycles. The fraction of sp³-hybridized carbons (Fsp3) is 0.909. The van der Waals surface area contributed by atoms with E-state index in [1.807, 2.05) is 0 Å². The molecule has 2 heteroatoms. The normalized spacial score (nSPS) is 35.5. The van der Waals surface area contributed by atoms with Gasteiger partial charge in [-0.15, -0.1) is 0 Å². The molecule has 1 saturated carbocycles. The minimum atomic E-state index is 0.0874. The van der Waals surface area contributed by atoms with Gasteiger partial charge in [0.15, 0.2) is 0 Å². The van der Waals surface area contributed by atoms with Crippen LogP contribution in [0.4, 0.5) is 0 Å². The van der Waals surface area contributed by atoms with Crippen molar-refractivity contribution >= 4 is 5.97 Å². The lowest BCUT2D eigenvalue weighted by molar-refractivity contribution is -0.153. The van der Waals surface area contributed by atoms with Gasteiger partial charge >= 0.3 is 5.97 Å². The Morgan fingerprint density at radius 3 is 2.54 bits per heavy atom. The summed E-state index contributed by atoms with van der Waals surface area (Å²) < 4.78 is 5.21. The van der Waals surface area contributed by atoms with Gasteiger partial charge in [0, 0.05) is 0 Å². The van der Waals surface area contributed by atoms with Crippen LogP contribution in [0, 0.1) is 11.8 Å². The minimum Gasteiger partial charge on any atom is -0.465 e. The van der Waals surface area contributed by atoms with Gasteiger partial charge in [0.2, 0.25) is 0 Å². The van der Waals surface area contributed by atoms with Gasteiger partial charge < -0.3 is 4.74 Å². The summed E-state index contributed by atoms with van der Waals surface area (Å²) in [7, 11) is 0. The van der Waals surface area contributed by atoms with Gasteiger partial charge in [0.1, 0.15) is 0 Å². The molecule has 74 valence electrons. The highest BCUT2D eigenvalue weighted by atomic mass is 16.5. The maximum atomic E-state index is 11.6. The zero-order chi connectivity index (χ0) is 9.10. The van der Waals surface area contributed by atoms with Crippen LogP contribution in [0.3, 0.4) is 0 Å². The van der Waals surface area contributed by atoms with Crippen LogP contribution in [0.15, 0.2) is 0 Å². The number of ether oxygens (including phenoxy) is 1. The zero-order valence-electron chi connectivity index (χ0n) is 8.13. The van der Waals surface area contributed by atoms with E-state index < -0.39 is 0 Å². The van der Waals surface area contributed by atoms with E-state index in [9.17, 15) is 4.79 Å². The van der Waals surface area contributed by atoms with Crippen LogP contribution in [0.25, 0.3) is 0 Å². The van der Waals surface area contributed by atoms with Crippen molar-refractivity contribution in [1.29, 1.82) is 0 Å². The number of rotatable bonds is 0. The van der Waals surface area contributed by atoms with Crippen molar-refractivity contribution in [2.24, 2.45) is 11.8 Å². The summed E-state index contributed by atoms with van der Waals surface area (Å²) in [6.07, 6.45) is 8.41. The Morgan fingerprint density at radius 1 is 1.00 bits per heavy atom. The summed E-state index contributed by atoms with van der Waals surface area (Å²) in [5.74, 6) is 0.972. The van der Waals surface area contributed by atoms with Gasteiger partial charge in [0.05, 0.1) is 12.5 Å². The van der Waals surface area contributed by atoms with Crippen molar-refractivity contribution in [3.63, 3.8) is 0 Å². The van der Waals surface area contributed by atoms with Crippen LogP contribution in [-0.2, 0) is 9.53 Å². The molecular weight excluding hydrogens is 164 g/mol. The number of carbonyl (C=O) groups excluding carboxylic acids is 1. The summed E-state index contributed by atoms with van der Waals surface area (Å²) >= 11 is 0. The molecule has 2 nitrogen and oxygen atoms in total. The average Bonchev–Trinajstić information content (AvgIpc) is 2.14. The van der Waals surface area contributed by atoms with Gasteiger partial charge in [-0.3, -0.25) is 4.79 Å². The monoisotopic (exact) mass is 182 g/mol. The molecule has 0 bridgehead atoms. The molecule has 2 aliphatic rings. The van der Waals surface area contributed by atoms with E-state index >= 15 is 0 Å². The first-order valence-corrected chi connectivity index (χ1v) is 5.54. The van der Waals surface area contributed by atoms with E-state index in [4.69, 9.17) is 4.74 Å². The first-order valence-electron chi connectivity index (χ1n) is 5.54. The summed E-state index contributed by atoms with van der Waals surface area (Å²) in [6, 6.07) is 0. The van der Waals surface area contributed by atoms with E-state index in [0.717, 1.165) is 12.8 Å². The molecular formula is C11H18O2. The molecule has 0 radical (unpaired) electrons. The maximum Gasteiger partial charge on any atom is 0.309 e. The second-order valence-electron chi connectivity index (χ2n) is 4.31. The van der Waals surface area contributed by atoms with E-state index in [1.54, 1.807) is 0 Å². The third-order valence-corrected chi connectivity index (χ3v) is 3.43. The van der Waals surface area contributed by atoms with Crippen molar-refractivity contribution in [1.82, 2.24) is 0 Å². The van der Waals surface area contributed by atoms with Gasteiger partial charge in [0.25, 0.3) is 0 Å². The van der Waals surface area contributed by atoms with Crippen molar-refractivity contribution in [3.8, 4) is 0 Å². The molecule has 2 fully saturated rings. The fourth-order valence-corrected chi connectivity index (χ4v) is 2.65. The molecule has 0 aromatic rings. The number of fused-ring (bicyclic) bond motifs is 1.